The highest BCUT2D eigenvalue weighted by molar-refractivity contribution is 5.92. The molecule has 1 aliphatic rings. The van der Waals surface area contributed by atoms with Gasteiger partial charge >= 0.3 is 6.18 Å². The van der Waals surface area contributed by atoms with E-state index in [-0.39, 0.29) is 29.2 Å². The third-order valence-electron chi connectivity index (χ3n) is 3.86. The SMILES string of the molecule is O=C(NCC1CCCO1)c1cnc(Nc2cccc(C(F)(F)F)c2)cn1. The molecular weight excluding hydrogens is 349 g/mol. The van der Waals surface area contributed by atoms with Crippen LogP contribution >= 0.6 is 0 Å². The number of carbonyl (C=O) groups excluding carboxylic acids is 1. The largest absolute Gasteiger partial charge is 0.416 e. The monoisotopic (exact) mass is 366 g/mol. The summed E-state index contributed by atoms with van der Waals surface area (Å²) in [4.78, 5) is 20.0. The second-order valence-corrected chi connectivity index (χ2v) is 5.84. The Morgan fingerprint density at radius 1 is 1.27 bits per heavy atom. The summed E-state index contributed by atoms with van der Waals surface area (Å²) in [5.74, 6) is -0.140. The number of aromatic nitrogens is 2. The summed E-state index contributed by atoms with van der Waals surface area (Å²) in [7, 11) is 0. The molecule has 1 aromatic heterocycles. The molecule has 1 aliphatic heterocycles. The Hall–Kier alpha value is -2.68. The molecule has 1 atom stereocenters. The van der Waals surface area contributed by atoms with E-state index in [0.29, 0.717) is 13.2 Å². The van der Waals surface area contributed by atoms with Crippen molar-refractivity contribution in [2.24, 2.45) is 0 Å². The molecule has 2 heterocycles. The Morgan fingerprint density at radius 3 is 2.77 bits per heavy atom. The van der Waals surface area contributed by atoms with Crippen LogP contribution in [-0.4, -0.2) is 35.1 Å². The number of ether oxygens (including phenoxy) is 1. The van der Waals surface area contributed by atoms with Gasteiger partial charge in [-0.1, -0.05) is 6.07 Å². The summed E-state index contributed by atoms with van der Waals surface area (Å²) in [5.41, 5.74) is -0.414. The first-order valence-electron chi connectivity index (χ1n) is 8.08. The first-order valence-corrected chi connectivity index (χ1v) is 8.08. The summed E-state index contributed by atoms with van der Waals surface area (Å²) in [5, 5.41) is 5.46. The lowest BCUT2D eigenvalue weighted by Crippen LogP contribution is -2.32. The fourth-order valence-electron chi connectivity index (χ4n) is 2.53. The van der Waals surface area contributed by atoms with Crippen molar-refractivity contribution < 1.29 is 22.7 Å². The molecular formula is C17H17F3N4O2. The van der Waals surface area contributed by atoms with Gasteiger partial charge in [-0.05, 0) is 31.0 Å². The van der Waals surface area contributed by atoms with Crippen LogP contribution in [0.15, 0.2) is 36.7 Å². The van der Waals surface area contributed by atoms with E-state index in [4.69, 9.17) is 4.74 Å². The van der Waals surface area contributed by atoms with E-state index in [1.165, 1.54) is 24.5 Å². The maximum absolute atomic E-state index is 12.7. The predicted octanol–water partition coefficient (Wildman–Crippen LogP) is 3.15. The molecule has 6 nitrogen and oxygen atoms in total. The molecule has 1 saturated heterocycles. The summed E-state index contributed by atoms with van der Waals surface area (Å²) < 4.78 is 43.6. The number of carbonyl (C=O) groups is 1. The maximum atomic E-state index is 12.7. The Balaban J connectivity index is 1.59. The first kappa shape index (κ1) is 18.1. The van der Waals surface area contributed by atoms with Crippen molar-refractivity contribution >= 4 is 17.4 Å². The lowest BCUT2D eigenvalue weighted by Gasteiger charge is -2.11. The normalized spacial score (nSPS) is 17.1. The molecule has 0 spiro atoms. The molecule has 0 bridgehead atoms. The van der Waals surface area contributed by atoms with Crippen molar-refractivity contribution in [1.29, 1.82) is 0 Å². The van der Waals surface area contributed by atoms with Gasteiger partial charge in [0.05, 0.1) is 24.1 Å². The smallest absolute Gasteiger partial charge is 0.376 e. The van der Waals surface area contributed by atoms with E-state index in [9.17, 15) is 18.0 Å². The van der Waals surface area contributed by atoms with E-state index in [1.54, 1.807) is 0 Å². The minimum atomic E-state index is -4.42. The summed E-state index contributed by atoms with van der Waals surface area (Å²) in [6.45, 7) is 1.11. The van der Waals surface area contributed by atoms with Gasteiger partial charge in [-0.15, -0.1) is 0 Å². The lowest BCUT2D eigenvalue weighted by molar-refractivity contribution is -0.137. The van der Waals surface area contributed by atoms with E-state index in [2.05, 4.69) is 20.6 Å². The van der Waals surface area contributed by atoms with Gasteiger partial charge in [0, 0.05) is 18.8 Å². The van der Waals surface area contributed by atoms with E-state index < -0.39 is 11.7 Å². The van der Waals surface area contributed by atoms with E-state index in [0.717, 1.165) is 25.0 Å². The van der Waals surface area contributed by atoms with Gasteiger partial charge < -0.3 is 15.4 Å². The van der Waals surface area contributed by atoms with Gasteiger partial charge in [-0.3, -0.25) is 4.79 Å². The van der Waals surface area contributed by atoms with Crippen molar-refractivity contribution in [2.45, 2.75) is 25.1 Å². The number of amides is 1. The minimum Gasteiger partial charge on any atom is -0.376 e. The molecule has 0 radical (unpaired) electrons. The van der Waals surface area contributed by atoms with E-state index >= 15 is 0 Å². The van der Waals surface area contributed by atoms with Crippen LogP contribution < -0.4 is 10.6 Å². The molecule has 1 unspecified atom stereocenters. The summed E-state index contributed by atoms with van der Waals surface area (Å²) in [6, 6.07) is 4.74. The molecule has 0 aliphatic carbocycles. The molecule has 138 valence electrons. The van der Waals surface area contributed by atoms with Crippen molar-refractivity contribution in [1.82, 2.24) is 15.3 Å². The van der Waals surface area contributed by atoms with Crippen molar-refractivity contribution in [2.75, 3.05) is 18.5 Å². The van der Waals surface area contributed by atoms with Crippen LogP contribution in [-0.2, 0) is 10.9 Å². The second-order valence-electron chi connectivity index (χ2n) is 5.84. The second kappa shape index (κ2) is 7.69. The third-order valence-corrected chi connectivity index (χ3v) is 3.86. The number of benzene rings is 1. The number of hydrogen-bond acceptors (Lipinski definition) is 5. The zero-order chi connectivity index (χ0) is 18.6. The zero-order valence-corrected chi connectivity index (χ0v) is 13.7. The molecule has 1 aromatic carbocycles. The Kier molecular flexibility index (Phi) is 5.36. The van der Waals surface area contributed by atoms with Gasteiger partial charge in [-0.25, -0.2) is 9.97 Å². The van der Waals surface area contributed by atoms with Gasteiger partial charge in [-0.2, -0.15) is 13.2 Å². The predicted molar refractivity (Wildman–Crippen MR) is 88.1 cm³/mol. The zero-order valence-electron chi connectivity index (χ0n) is 13.7. The summed E-state index contributed by atoms with van der Waals surface area (Å²) in [6.07, 6.45) is 0.0482. The van der Waals surface area contributed by atoms with Crippen LogP contribution in [0.1, 0.15) is 28.9 Å². The Labute approximate surface area is 147 Å². The van der Waals surface area contributed by atoms with Crippen LogP contribution in [0.4, 0.5) is 24.7 Å². The number of nitrogens with zero attached hydrogens (tertiary/aromatic N) is 2. The Morgan fingerprint density at radius 2 is 2.12 bits per heavy atom. The van der Waals surface area contributed by atoms with Gasteiger partial charge in [0.25, 0.3) is 5.91 Å². The third kappa shape index (κ3) is 4.69. The molecule has 2 aromatic rings. The molecule has 1 amide bonds. The number of hydrogen-bond donors (Lipinski definition) is 2. The van der Waals surface area contributed by atoms with Crippen LogP contribution in [0.25, 0.3) is 0 Å². The lowest BCUT2D eigenvalue weighted by atomic mass is 10.2. The molecule has 0 saturated carbocycles. The van der Waals surface area contributed by atoms with Crippen LogP contribution in [0.3, 0.4) is 0 Å². The van der Waals surface area contributed by atoms with Crippen molar-refractivity contribution in [3.05, 3.63) is 47.9 Å². The Bertz CT molecular complexity index is 759. The maximum Gasteiger partial charge on any atom is 0.416 e. The average Bonchev–Trinajstić information content (AvgIpc) is 3.13. The molecule has 26 heavy (non-hydrogen) atoms. The summed E-state index contributed by atoms with van der Waals surface area (Å²) >= 11 is 0. The quantitative estimate of drug-likeness (QED) is 0.850. The van der Waals surface area contributed by atoms with Crippen molar-refractivity contribution in [3.8, 4) is 0 Å². The van der Waals surface area contributed by atoms with Gasteiger partial charge in [0.1, 0.15) is 11.5 Å². The fraction of sp³-hybridized carbons (Fsp3) is 0.353. The van der Waals surface area contributed by atoms with E-state index in [1.807, 2.05) is 0 Å². The number of nitrogens with one attached hydrogen (secondary N) is 2. The number of halogens is 3. The van der Waals surface area contributed by atoms with Crippen LogP contribution in [0.5, 0.6) is 0 Å². The number of rotatable bonds is 5. The van der Waals surface area contributed by atoms with Gasteiger partial charge in [0.2, 0.25) is 0 Å². The molecule has 9 heteroatoms. The average molecular weight is 366 g/mol. The molecule has 2 N–H and O–H groups in total. The molecule has 3 rings (SSSR count). The number of alkyl halides is 3. The van der Waals surface area contributed by atoms with Crippen LogP contribution in [0, 0.1) is 0 Å². The standard InChI is InChI=1S/C17H17F3N4O2/c18-17(19,20)11-3-1-4-12(7-11)24-15-10-21-14(9-22-15)16(25)23-8-13-5-2-6-26-13/h1,3-4,7,9-10,13H,2,5-6,8H2,(H,22,24)(H,23,25). The molecule has 1 fully saturated rings. The first-order chi connectivity index (χ1) is 12.4. The highest BCUT2D eigenvalue weighted by Crippen LogP contribution is 2.31. The van der Waals surface area contributed by atoms with Crippen molar-refractivity contribution in [3.63, 3.8) is 0 Å². The topological polar surface area (TPSA) is 76.1 Å². The van der Waals surface area contributed by atoms with Gasteiger partial charge in [0.15, 0.2) is 0 Å². The number of anilines is 2. The minimum absolute atomic E-state index is 0.0220. The highest BCUT2D eigenvalue weighted by Gasteiger charge is 2.30. The highest BCUT2D eigenvalue weighted by atomic mass is 19.4. The fourth-order valence-corrected chi connectivity index (χ4v) is 2.53. The van der Waals surface area contributed by atoms with Crippen LogP contribution in [0.2, 0.25) is 0 Å².